The molecule has 0 aromatic heterocycles. The zero-order valence-corrected chi connectivity index (χ0v) is 88.5. The maximum Gasteiger partial charge on any atom is 2.00 e. The largest absolute Gasteiger partial charge is 2.00 e. The molecule has 0 aliphatic heterocycles. The summed E-state index contributed by atoms with van der Waals surface area (Å²) in [7, 11) is 42.0. The van der Waals surface area contributed by atoms with Crippen LogP contribution >= 0.6 is 15.9 Å². The maximum absolute atomic E-state index is 8.95. The first-order chi connectivity index (χ1) is 43.5. The Morgan fingerprint density at radius 3 is 0.455 bits per heavy atom. The third kappa shape index (κ3) is 97.4. The number of hydrogen-bond acceptors (Lipinski definition) is 11. The van der Waals surface area contributed by atoms with Gasteiger partial charge in [-0.1, -0.05) is 156 Å². The smallest absolute Gasteiger partial charge is 0.396 e. The molecular weight excluding hydrogens is 1950 g/mol. The average Bonchev–Trinajstić information content (AvgIpc) is 1.13. The number of alkyl halides is 1. The SMILES string of the molecule is CN(C)CC1CCC(CO)CC1.[CH2-]C(C)(C)N(C)C.[CH2-]C(C)(C)N(C)C.[CH2-]C1CCC(CN(C)C)CC1.[CH2-]C1CCC(CN(C)C)CC1.[CH2-]C1CCC(CN(C)C)CC1.[CH2-]C1CCC(CN(C)C)CC1.[CH2-]C1CCC(CN(C)C)CC1.[CH2-]CBr.[CH2-]CN(C)C.[CH2-]CN(C)C.[U].[U].[V+2].[V+2].[V+2].[V+2].[V+2]. The van der Waals surface area contributed by atoms with Crippen LogP contribution in [0.3, 0.4) is 0 Å². The molecule has 597 valence electrons. The second-order valence-electron chi connectivity index (χ2n) is 33.3. The normalized spacial score (nSPS) is 24.4. The molecule has 0 unspecified atom stereocenters. The molecule has 0 aromatic carbocycles. The van der Waals surface area contributed by atoms with Crippen LogP contribution in [-0.4, -0.2) is 270 Å². The molecule has 0 bridgehead atoms. The van der Waals surface area contributed by atoms with E-state index in [4.69, 9.17) is 5.11 Å². The number of aliphatic hydroxyl groups excluding tert-OH is 1. The molecule has 1 N–H and O–H groups in total. The van der Waals surface area contributed by atoms with E-state index in [-0.39, 0.29) is 166 Å². The monoisotopic (exact) mass is 2120 g/mol. The summed E-state index contributed by atoms with van der Waals surface area (Å²) in [6.45, 7) is 57.0. The number of hydrogen-bond donors (Lipinski definition) is 1. The zero-order valence-electron chi connectivity index (χ0n) is 71.6. The fraction of sp³-hybridized carbons (Fsp3) is 0.878. The first kappa shape index (κ1) is 132. The van der Waals surface area contributed by atoms with Crippen molar-refractivity contribution in [3.8, 4) is 0 Å². The van der Waals surface area contributed by atoms with Crippen molar-refractivity contribution < 1.29 is 160 Å². The van der Waals surface area contributed by atoms with Gasteiger partial charge in [0, 0.05) is 108 Å². The van der Waals surface area contributed by atoms with Crippen LogP contribution in [0.1, 0.15) is 182 Å². The van der Waals surface area contributed by atoms with E-state index in [1.165, 1.54) is 193 Å². The Hall–Kier alpha value is 5.07. The van der Waals surface area contributed by atoms with Crippen LogP contribution in [0.5, 0.6) is 0 Å². The molecule has 11 nitrogen and oxygen atoms in total. The summed E-state index contributed by atoms with van der Waals surface area (Å²) in [6.07, 6.45) is 32.5. The standard InChI is InChI=1S/C10H21NO.5C10H20N.2C6H14N.2C4H10N.C2H4Br.2U.5V/c1-11(2)7-9-3-5-10(8-12)6-4-9;5*1-9-4-6-10(7-5-9)8-11(2)3;2*1-6(2,3)7(4)5;2*1-4-5(2)3;1-2-3;;;;;;;/h9-10,12H,3-8H2,1-2H3;5*9-10H,1,4-8H2,2-3H3;2*1H2,2-5H3;2*1,4H2,2-3H3;1-2H2;;;;;;;/q;10*-1;;;5*+2. The predicted octanol–water partition coefficient (Wildman–Crippen LogP) is 16.6. The fourth-order valence-electron chi connectivity index (χ4n) is 11.8. The molecule has 6 rings (SSSR count). The number of aliphatic hydroxyl groups is 1. The first-order valence-electron chi connectivity index (χ1n) is 37.4. The van der Waals surface area contributed by atoms with Gasteiger partial charge >= 0.3 is 92.8 Å². The average molecular weight is 2130 g/mol. The molecule has 0 atom stereocenters. The number of rotatable bonds is 17. The van der Waals surface area contributed by atoms with Crippen LogP contribution in [0.4, 0.5) is 0 Å². The second kappa shape index (κ2) is 83.0. The third-order valence-electron chi connectivity index (χ3n) is 19.1. The van der Waals surface area contributed by atoms with Gasteiger partial charge in [0.15, 0.2) is 0 Å². The first-order valence-corrected chi connectivity index (χ1v) is 38.5. The van der Waals surface area contributed by atoms with Crippen molar-refractivity contribution >= 4 is 15.9 Å². The van der Waals surface area contributed by atoms with Crippen LogP contribution < -0.4 is 0 Å². The molecule has 6 fully saturated rings. The van der Waals surface area contributed by atoms with Crippen molar-refractivity contribution in [3.63, 3.8) is 0 Å². The van der Waals surface area contributed by atoms with Gasteiger partial charge in [-0.05, 0) is 208 Å². The summed E-state index contributed by atoms with van der Waals surface area (Å²) >= 11 is 3.03. The van der Waals surface area contributed by atoms with Gasteiger partial charge in [0.25, 0.3) is 0 Å². The van der Waals surface area contributed by atoms with Gasteiger partial charge in [-0.2, -0.15) is 29.6 Å². The molecule has 0 heterocycles. The molecule has 101 heavy (non-hydrogen) atoms. The molecule has 0 spiro atoms. The van der Waals surface area contributed by atoms with E-state index in [9.17, 15) is 0 Å². The van der Waals surface area contributed by atoms with Crippen molar-refractivity contribution in [1.29, 1.82) is 0 Å². The second-order valence-corrected chi connectivity index (χ2v) is 34.1. The molecule has 0 aromatic rings. The topological polar surface area (TPSA) is 52.6 Å². The quantitative estimate of drug-likeness (QED) is 0.112. The van der Waals surface area contributed by atoms with Gasteiger partial charge in [0.1, 0.15) is 0 Å². The Morgan fingerprint density at radius 2 is 0.376 bits per heavy atom. The Morgan fingerprint density at radius 1 is 0.277 bits per heavy atom. The van der Waals surface area contributed by atoms with Crippen molar-refractivity contribution in [3.05, 3.63) is 69.2 Å². The van der Waals surface area contributed by atoms with Crippen LogP contribution in [-0.2, 0) is 92.8 Å². The van der Waals surface area contributed by atoms with Crippen molar-refractivity contribution in [1.82, 2.24) is 49.0 Å². The minimum absolute atomic E-state index is 0. The maximum atomic E-state index is 8.95. The molecule has 5 radical (unpaired) electrons. The van der Waals surface area contributed by atoms with Gasteiger partial charge < -0.3 is 123 Å². The summed E-state index contributed by atoms with van der Waals surface area (Å²) in [5, 5.41) is 9.76. The Labute approximate surface area is 754 Å². The molecule has 0 amide bonds. The van der Waals surface area contributed by atoms with E-state index >= 15 is 0 Å². The van der Waals surface area contributed by atoms with E-state index in [0.29, 0.717) is 12.5 Å². The van der Waals surface area contributed by atoms with Crippen LogP contribution in [0.15, 0.2) is 0 Å². The van der Waals surface area contributed by atoms with Gasteiger partial charge in [-0.25, -0.2) is 0 Å². The Kier molecular flexibility index (Phi) is 109. The Bertz CT molecular complexity index is 1350. The van der Waals surface area contributed by atoms with Crippen LogP contribution in [0.2, 0.25) is 0 Å². The minimum Gasteiger partial charge on any atom is -0.396 e. The van der Waals surface area contributed by atoms with Crippen LogP contribution in [0, 0.1) is 202 Å². The van der Waals surface area contributed by atoms with Gasteiger partial charge in [0.2, 0.25) is 0 Å². The molecule has 6 saturated carbocycles. The predicted molar refractivity (Wildman–Crippen MR) is 431 cm³/mol. The van der Waals surface area contributed by atoms with Gasteiger partial charge in [-0.15, -0.1) is 45.4 Å². The molecule has 6 aliphatic rings. The van der Waals surface area contributed by atoms with Crippen molar-refractivity contribution in [2.45, 2.75) is 193 Å². The van der Waals surface area contributed by atoms with Crippen LogP contribution in [0.25, 0.3) is 0 Å². The molecule has 0 saturated heterocycles. The van der Waals surface area contributed by atoms with E-state index in [1.807, 2.05) is 66.2 Å². The summed E-state index contributed by atoms with van der Waals surface area (Å²) in [5.74, 6) is 9.93. The zero-order chi connectivity index (χ0) is 73.7. The van der Waals surface area contributed by atoms with E-state index in [2.05, 4.69) is 237 Å². The Balaban J connectivity index is -0.0000000870. The van der Waals surface area contributed by atoms with E-state index in [1.54, 1.807) is 0 Å². The van der Waals surface area contributed by atoms with E-state index in [0.717, 1.165) is 83.5 Å². The number of nitrogens with zero attached hydrogens (tertiary/aromatic N) is 10. The molecular formula is C82H173BrN10OU2V5. The minimum atomic E-state index is 0. The summed E-state index contributed by atoms with van der Waals surface area (Å²) in [5.41, 5.74) is 0.167. The fourth-order valence-corrected chi connectivity index (χ4v) is 11.8. The van der Waals surface area contributed by atoms with Gasteiger partial charge in [0.05, 0.1) is 0 Å². The molecule has 19 heteroatoms. The van der Waals surface area contributed by atoms with Crippen molar-refractivity contribution in [2.24, 2.45) is 71.0 Å². The van der Waals surface area contributed by atoms with Crippen molar-refractivity contribution in [2.75, 3.05) is 205 Å². The summed E-state index contributed by atoms with van der Waals surface area (Å²) < 4.78 is 0. The third-order valence-corrected chi connectivity index (χ3v) is 19.1. The van der Waals surface area contributed by atoms with E-state index < -0.39 is 0 Å². The number of halogens is 1. The summed E-state index contributed by atoms with van der Waals surface area (Å²) in [4.78, 5) is 21.9. The molecule has 6 aliphatic carbocycles. The van der Waals surface area contributed by atoms with Gasteiger partial charge in [-0.3, -0.25) is 0 Å². The summed E-state index contributed by atoms with van der Waals surface area (Å²) in [6, 6.07) is 0.